The SMILES string of the molecule is CNCCCc1nnc(-c2cc(OC)cs2)o1. The minimum absolute atomic E-state index is 0.567. The van der Waals surface area contributed by atoms with E-state index in [4.69, 9.17) is 9.15 Å². The van der Waals surface area contributed by atoms with Crippen LogP contribution >= 0.6 is 11.3 Å². The summed E-state index contributed by atoms with van der Waals surface area (Å²) in [5.74, 6) is 2.07. The summed E-state index contributed by atoms with van der Waals surface area (Å²) in [6.07, 6.45) is 1.79. The van der Waals surface area contributed by atoms with E-state index in [1.165, 1.54) is 11.3 Å². The second kappa shape index (κ2) is 5.79. The molecule has 1 N–H and O–H groups in total. The fourth-order valence-corrected chi connectivity index (χ4v) is 2.18. The Bertz CT molecular complexity index is 467. The number of aromatic nitrogens is 2. The predicted molar refractivity (Wildman–Crippen MR) is 66.4 cm³/mol. The van der Waals surface area contributed by atoms with Crippen LogP contribution in [0.1, 0.15) is 12.3 Å². The van der Waals surface area contributed by atoms with Crippen LogP contribution in [-0.2, 0) is 6.42 Å². The number of nitrogens with one attached hydrogen (secondary N) is 1. The molecule has 0 fully saturated rings. The molecule has 0 aliphatic rings. The van der Waals surface area contributed by atoms with Crippen LogP contribution in [0.3, 0.4) is 0 Å². The van der Waals surface area contributed by atoms with Crippen LogP contribution in [-0.4, -0.2) is 30.9 Å². The van der Waals surface area contributed by atoms with Crippen LogP contribution < -0.4 is 10.1 Å². The Morgan fingerprint density at radius 3 is 3.06 bits per heavy atom. The first-order valence-corrected chi connectivity index (χ1v) is 6.31. The fourth-order valence-electron chi connectivity index (χ4n) is 1.41. The molecule has 2 aromatic heterocycles. The fraction of sp³-hybridized carbons (Fsp3) is 0.455. The lowest BCUT2D eigenvalue weighted by Gasteiger charge is -1.94. The van der Waals surface area contributed by atoms with Crippen molar-refractivity contribution in [3.63, 3.8) is 0 Å². The van der Waals surface area contributed by atoms with Crippen molar-refractivity contribution in [2.24, 2.45) is 0 Å². The molecule has 0 spiro atoms. The van der Waals surface area contributed by atoms with E-state index in [-0.39, 0.29) is 0 Å². The molecular formula is C11H15N3O2S. The van der Waals surface area contributed by atoms with Gasteiger partial charge in [-0.2, -0.15) is 0 Å². The maximum atomic E-state index is 5.58. The van der Waals surface area contributed by atoms with Gasteiger partial charge in [-0.25, -0.2) is 0 Å². The smallest absolute Gasteiger partial charge is 0.257 e. The van der Waals surface area contributed by atoms with Gasteiger partial charge in [0.2, 0.25) is 5.89 Å². The third-order valence-electron chi connectivity index (χ3n) is 2.31. The van der Waals surface area contributed by atoms with Gasteiger partial charge in [-0.05, 0) is 20.0 Å². The number of methoxy groups -OCH3 is 1. The Hall–Kier alpha value is -1.40. The molecule has 0 saturated carbocycles. The van der Waals surface area contributed by atoms with Gasteiger partial charge in [-0.15, -0.1) is 21.5 Å². The maximum absolute atomic E-state index is 5.58. The second-order valence-electron chi connectivity index (χ2n) is 3.56. The third kappa shape index (κ3) is 3.04. The molecule has 2 rings (SSSR count). The van der Waals surface area contributed by atoms with Gasteiger partial charge in [0.15, 0.2) is 0 Å². The standard InChI is InChI=1S/C11H15N3O2S/c1-12-5-3-4-10-13-14-11(16-10)9-6-8(15-2)7-17-9/h6-7,12H,3-5H2,1-2H3. The van der Waals surface area contributed by atoms with E-state index in [1.54, 1.807) is 7.11 Å². The summed E-state index contributed by atoms with van der Waals surface area (Å²) in [5, 5.41) is 13.1. The van der Waals surface area contributed by atoms with Crippen LogP contribution in [0.15, 0.2) is 15.9 Å². The number of aryl methyl sites for hydroxylation is 1. The Balaban J connectivity index is 2.02. The second-order valence-corrected chi connectivity index (χ2v) is 4.47. The molecule has 0 amide bonds. The summed E-state index contributed by atoms with van der Waals surface area (Å²) in [6, 6.07) is 1.90. The van der Waals surface area contributed by atoms with Crippen LogP contribution in [0.2, 0.25) is 0 Å². The molecule has 17 heavy (non-hydrogen) atoms. The summed E-state index contributed by atoms with van der Waals surface area (Å²) in [5.41, 5.74) is 0. The Labute approximate surface area is 104 Å². The highest BCUT2D eigenvalue weighted by atomic mass is 32.1. The van der Waals surface area contributed by atoms with Crippen molar-refractivity contribution in [1.29, 1.82) is 0 Å². The summed E-state index contributed by atoms with van der Waals surface area (Å²) in [6.45, 7) is 0.949. The van der Waals surface area contributed by atoms with Gasteiger partial charge in [0.25, 0.3) is 5.89 Å². The highest BCUT2D eigenvalue weighted by Gasteiger charge is 2.10. The molecule has 0 atom stereocenters. The normalized spacial score (nSPS) is 10.7. The van der Waals surface area contributed by atoms with Gasteiger partial charge in [-0.3, -0.25) is 0 Å². The molecule has 0 bridgehead atoms. The molecule has 0 aromatic carbocycles. The Morgan fingerprint density at radius 1 is 1.47 bits per heavy atom. The monoisotopic (exact) mass is 253 g/mol. The van der Waals surface area contributed by atoms with Gasteiger partial charge in [0, 0.05) is 17.9 Å². The van der Waals surface area contributed by atoms with Crippen molar-refractivity contribution in [3.8, 4) is 16.5 Å². The van der Waals surface area contributed by atoms with Crippen molar-refractivity contribution in [2.75, 3.05) is 20.7 Å². The molecule has 0 radical (unpaired) electrons. The molecule has 2 heterocycles. The number of ether oxygens (including phenoxy) is 1. The lowest BCUT2D eigenvalue weighted by Crippen LogP contribution is -2.08. The Kier molecular flexibility index (Phi) is 4.11. The summed E-state index contributed by atoms with van der Waals surface area (Å²) in [7, 11) is 3.57. The zero-order valence-corrected chi connectivity index (χ0v) is 10.7. The first kappa shape index (κ1) is 12.1. The molecule has 6 heteroatoms. The first-order chi connectivity index (χ1) is 8.33. The van der Waals surface area contributed by atoms with Crippen molar-refractivity contribution >= 4 is 11.3 Å². The largest absolute Gasteiger partial charge is 0.496 e. The highest BCUT2D eigenvalue weighted by Crippen LogP contribution is 2.29. The van der Waals surface area contributed by atoms with Crippen molar-refractivity contribution in [2.45, 2.75) is 12.8 Å². The van der Waals surface area contributed by atoms with Crippen molar-refractivity contribution < 1.29 is 9.15 Å². The number of hydrogen-bond donors (Lipinski definition) is 1. The van der Waals surface area contributed by atoms with Crippen LogP contribution in [0, 0.1) is 0 Å². The van der Waals surface area contributed by atoms with E-state index in [1.807, 2.05) is 18.5 Å². The summed E-state index contributed by atoms with van der Waals surface area (Å²) < 4.78 is 10.7. The van der Waals surface area contributed by atoms with E-state index in [2.05, 4.69) is 15.5 Å². The minimum Gasteiger partial charge on any atom is -0.496 e. The third-order valence-corrected chi connectivity index (χ3v) is 3.20. The number of thiophene rings is 1. The van der Waals surface area contributed by atoms with E-state index < -0.39 is 0 Å². The molecule has 0 aliphatic carbocycles. The van der Waals surface area contributed by atoms with E-state index in [0.29, 0.717) is 11.8 Å². The molecule has 5 nitrogen and oxygen atoms in total. The number of nitrogens with zero attached hydrogens (tertiary/aromatic N) is 2. The summed E-state index contributed by atoms with van der Waals surface area (Å²) in [4.78, 5) is 0.939. The van der Waals surface area contributed by atoms with Crippen molar-refractivity contribution in [3.05, 3.63) is 17.3 Å². The van der Waals surface area contributed by atoms with Gasteiger partial charge >= 0.3 is 0 Å². The average Bonchev–Trinajstić information content (AvgIpc) is 2.97. The zero-order valence-electron chi connectivity index (χ0n) is 9.90. The Morgan fingerprint density at radius 2 is 2.35 bits per heavy atom. The molecule has 92 valence electrons. The molecule has 0 aliphatic heterocycles. The van der Waals surface area contributed by atoms with Crippen LogP contribution in [0.25, 0.3) is 10.8 Å². The predicted octanol–water partition coefficient (Wildman–Crippen LogP) is 1.96. The van der Waals surface area contributed by atoms with Gasteiger partial charge in [-0.1, -0.05) is 0 Å². The zero-order chi connectivity index (χ0) is 12.1. The molecular weight excluding hydrogens is 238 g/mol. The molecule has 2 aromatic rings. The van der Waals surface area contributed by atoms with Gasteiger partial charge < -0.3 is 14.5 Å². The first-order valence-electron chi connectivity index (χ1n) is 5.43. The topological polar surface area (TPSA) is 60.2 Å². The quantitative estimate of drug-likeness (QED) is 0.797. The lowest BCUT2D eigenvalue weighted by atomic mass is 10.3. The van der Waals surface area contributed by atoms with Crippen LogP contribution in [0.5, 0.6) is 5.75 Å². The summed E-state index contributed by atoms with van der Waals surface area (Å²) >= 11 is 1.54. The highest BCUT2D eigenvalue weighted by molar-refractivity contribution is 7.13. The van der Waals surface area contributed by atoms with E-state index >= 15 is 0 Å². The minimum atomic E-state index is 0.567. The maximum Gasteiger partial charge on any atom is 0.257 e. The lowest BCUT2D eigenvalue weighted by molar-refractivity contribution is 0.416. The average molecular weight is 253 g/mol. The number of rotatable bonds is 6. The van der Waals surface area contributed by atoms with Gasteiger partial charge in [0.1, 0.15) is 5.75 Å². The van der Waals surface area contributed by atoms with Gasteiger partial charge in [0.05, 0.1) is 12.0 Å². The van der Waals surface area contributed by atoms with E-state index in [9.17, 15) is 0 Å². The van der Waals surface area contributed by atoms with Crippen LogP contribution in [0.4, 0.5) is 0 Å². The molecule has 0 saturated heterocycles. The molecule has 0 unspecified atom stereocenters. The van der Waals surface area contributed by atoms with Crippen molar-refractivity contribution in [1.82, 2.24) is 15.5 Å². The van der Waals surface area contributed by atoms with E-state index in [0.717, 1.165) is 30.0 Å². The number of hydrogen-bond acceptors (Lipinski definition) is 6.